The maximum Gasteiger partial charge on any atom is 0.204 e. The predicted octanol–water partition coefficient (Wildman–Crippen LogP) is 12.6. The molecule has 7 aromatic rings. The minimum absolute atomic E-state index is 0.656. The van der Waals surface area contributed by atoms with Gasteiger partial charge in [-0.2, -0.15) is 17.6 Å². The van der Waals surface area contributed by atoms with E-state index in [1.165, 1.54) is 0 Å². The molecule has 382 valence electrons. The van der Waals surface area contributed by atoms with Crippen LogP contribution in [0.5, 0.6) is 11.5 Å². The summed E-state index contributed by atoms with van der Waals surface area (Å²) < 4.78 is 291. The van der Waals surface area contributed by atoms with Crippen molar-refractivity contribution >= 4 is 46.4 Å². The summed E-state index contributed by atoms with van der Waals surface area (Å²) >= 11 is 0. The van der Waals surface area contributed by atoms with Gasteiger partial charge in [0.2, 0.25) is 34.9 Å². The minimum Gasteiger partial charge on any atom is -0.485 e. The molecule has 0 saturated heterocycles. The molecule has 0 fully saturated rings. The van der Waals surface area contributed by atoms with Crippen LogP contribution in [-0.4, -0.2) is 56.6 Å². The summed E-state index contributed by atoms with van der Waals surface area (Å²) in [7, 11) is 0. The van der Waals surface area contributed by atoms with Crippen molar-refractivity contribution in [2.75, 3.05) is 26.4 Å². The highest BCUT2D eigenvalue weighted by molar-refractivity contribution is 6.00. The number of fused-ring (bicyclic) bond motifs is 8. The Hall–Kier alpha value is -8.26. The molecule has 2 aliphatic heterocycles. The van der Waals surface area contributed by atoms with E-state index in [0.29, 0.717) is 48.6 Å². The third-order valence-electron chi connectivity index (χ3n) is 11.3. The van der Waals surface area contributed by atoms with Gasteiger partial charge < -0.3 is 29.7 Å². The number of H-pyrrole nitrogens is 2. The van der Waals surface area contributed by atoms with Gasteiger partial charge in [0.25, 0.3) is 0 Å². The van der Waals surface area contributed by atoms with Crippen LogP contribution >= 0.6 is 0 Å². The summed E-state index contributed by atoms with van der Waals surface area (Å²) in [5, 5.41) is 18.3. The monoisotopic (exact) mass is 1060 g/mol. The van der Waals surface area contributed by atoms with Crippen LogP contribution in [0.25, 0.3) is 90.9 Å². The Morgan fingerprint density at radius 1 is 0.297 bits per heavy atom. The van der Waals surface area contributed by atoms with Crippen LogP contribution in [0.2, 0.25) is 0 Å². The zero-order chi connectivity index (χ0) is 53.5. The Bertz CT molecular complexity index is 3470. The van der Waals surface area contributed by atoms with Gasteiger partial charge in [-0.15, -0.1) is 0 Å². The standard InChI is InChI=1S/C48H20F18N4O4/c49-29-25(30(50)38(58)41(61)37(29)57)21-13-1-5-17(67-13)23(27-33(53)43(63)47(73-11-9-71)44(64)34(27)54)18-7-3-15(69-18)22(26-31(51)39(59)42(62)40(60)32(26)52)16-4-8-20(70-16)24(19-6-2-14(21)68-19)28-35(55)45(65)48(74-12-10-72)46(66)36(28)56/h1-8,67,70-72H,9-12H2. The fourth-order valence-electron chi connectivity index (χ4n) is 8.12. The largest absolute Gasteiger partial charge is 0.485 e. The number of nitrogens with one attached hydrogen (secondary N) is 2. The third-order valence-corrected chi connectivity index (χ3v) is 11.3. The van der Waals surface area contributed by atoms with Crippen LogP contribution in [0.4, 0.5) is 79.0 Å². The molecule has 4 N–H and O–H groups in total. The van der Waals surface area contributed by atoms with Crippen molar-refractivity contribution in [1.29, 1.82) is 0 Å². The summed E-state index contributed by atoms with van der Waals surface area (Å²) in [4.78, 5) is 12.7. The maximum absolute atomic E-state index is 16.4. The first kappa shape index (κ1) is 50.7. The van der Waals surface area contributed by atoms with E-state index < -0.39 is 232 Å². The molecule has 0 radical (unpaired) electrons. The molecule has 2 aliphatic rings. The van der Waals surface area contributed by atoms with E-state index in [1.54, 1.807) is 0 Å². The lowest BCUT2D eigenvalue weighted by Gasteiger charge is -2.14. The number of hydrogen-bond acceptors (Lipinski definition) is 6. The molecule has 5 heterocycles. The smallest absolute Gasteiger partial charge is 0.204 e. The lowest BCUT2D eigenvalue weighted by Crippen LogP contribution is -2.09. The van der Waals surface area contributed by atoms with Crippen molar-refractivity contribution in [2.24, 2.45) is 0 Å². The Morgan fingerprint density at radius 3 is 0.716 bits per heavy atom. The average Bonchev–Trinajstić information content (AvgIpc) is 4.25. The number of aliphatic hydroxyl groups is 2. The maximum atomic E-state index is 16.4. The van der Waals surface area contributed by atoms with Gasteiger partial charge in [0, 0.05) is 44.3 Å². The van der Waals surface area contributed by atoms with E-state index in [-0.39, 0.29) is 0 Å². The van der Waals surface area contributed by atoms with Crippen molar-refractivity contribution < 1.29 is 98.7 Å². The normalized spacial score (nSPS) is 12.2. The number of rotatable bonds is 10. The molecule has 0 aliphatic carbocycles. The highest BCUT2D eigenvalue weighted by Crippen LogP contribution is 2.46. The van der Waals surface area contributed by atoms with Crippen molar-refractivity contribution in [3.8, 4) is 56.0 Å². The quantitative estimate of drug-likeness (QED) is 0.0616. The molecule has 3 aromatic heterocycles. The predicted molar refractivity (Wildman–Crippen MR) is 225 cm³/mol. The molecule has 8 nitrogen and oxygen atoms in total. The zero-order valence-corrected chi connectivity index (χ0v) is 35.9. The third kappa shape index (κ3) is 7.77. The number of hydrogen-bond donors (Lipinski definition) is 4. The van der Waals surface area contributed by atoms with Crippen LogP contribution in [-0.2, 0) is 0 Å². The van der Waals surface area contributed by atoms with Gasteiger partial charge in [-0.05, 0) is 48.6 Å². The number of benzene rings is 4. The Kier molecular flexibility index (Phi) is 13.0. The number of halogens is 18. The molecule has 74 heavy (non-hydrogen) atoms. The van der Waals surface area contributed by atoms with Crippen LogP contribution in [0.3, 0.4) is 0 Å². The average molecular weight is 1060 g/mol. The molecule has 9 rings (SSSR count). The summed E-state index contributed by atoms with van der Waals surface area (Å²) in [6, 6.07) is 2.75. The van der Waals surface area contributed by atoms with Gasteiger partial charge in [-0.3, -0.25) is 0 Å². The molecule has 0 atom stereocenters. The number of aromatic amines is 2. The van der Waals surface area contributed by atoms with E-state index >= 15 is 70.2 Å². The highest BCUT2D eigenvalue weighted by atomic mass is 19.2. The lowest BCUT2D eigenvalue weighted by atomic mass is 10.0. The summed E-state index contributed by atoms with van der Waals surface area (Å²) in [5.41, 5.74) is -19.4. The van der Waals surface area contributed by atoms with E-state index in [0.717, 1.165) is 0 Å². The first-order chi connectivity index (χ1) is 35.2. The van der Waals surface area contributed by atoms with E-state index in [1.807, 2.05) is 0 Å². The fraction of sp³-hybridized carbons (Fsp3) is 0.0833. The van der Waals surface area contributed by atoms with Crippen molar-refractivity contribution in [3.63, 3.8) is 0 Å². The first-order valence-electron chi connectivity index (χ1n) is 20.6. The molecular weight excluding hydrogens is 1040 g/mol. The topological polar surface area (TPSA) is 116 Å². The van der Waals surface area contributed by atoms with Gasteiger partial charge in [-0.1, -0.05) is 0 Å². The van der Waals surface area contributed by atoms with Crippen LogP contribution in [0.1, 0.15) is 22.8 Å². The molecule has 0 unspecified atom stereocenters. The van der Waals surface area contributed by atoms with Crippen molar-refractivity contribution in [3.05, 3.63) is 152 Å². The zero-order valence-electron chi connectivity index (χ0n) is 35.9. The lowest BCUT2D eigenvalue weighted by molar-refractivity contribution is 0.187. The SMILES string of the molecule is OCCOc1c(F)c(F)c(-c2c3nc(c(-c4c(F)c(F)c(F)c(F)c4F)c4ccc([nH]4)c(-c4c(F)c(F)c(OCCO)c(F)c4F)c4nc(c(-c5c(F)c(F)c(F)c(F)c5F)c5ccc2[nH]5)C=C4)C=C3)c(F)c1F. The van der Waals surface area contributed by atoms with Gasteiger partial charge in [0.15, 0.2) is 81.3 Å². The number of aromatic nitrogens is 4. The molecule has 8 bridgehead atoms. The molecule has 0 spiro atoms. The molecular formula is C48H20F18N4O4. The minimum atomic E-state index is -2.70. The van der Waals surface area contributed by atoms with E-state index in [4.69, 9.17) is 10.2 Å². The Labute approximate surface area is 398 Å². The summed E-state index contributed by atoms with van der Waals surface area (Å²) in [6.45, 7) is -3.77. The molecule has 4 aromatic carbocycles. The van der Waals surface area contributed by atoms with Crippen LogP contribution in [0, 0.1) is 105 Å². The molecule has 0 amide bonds. The number of nitrogens with zero attached hydrogens (tertiary/aromatic N) is 2. The van der Waals surface area contributed by atoms with E-state index in [2.05, 4.69) is 29.4 Å². The second-order valence-electron chi connectivity index (χ2n) is 15.5. The Morgan fingerprint density at radius 2 is 0.500 bits per heavy atom. The highest BCUT2D eigenvalue weighted by Gasteiger charge is 2.36. The summed E-state index contributed by atoms with van der Waals surface area (Å²) in [5.74, 6) is -48.0. The van der Waals surface area contributed by atoms with Gasteiger partial charge >= 0.3 is 0 Å². The second kappa shape index (κ2) is 19.0. The van der Waals surface area contributed by atoms with Gasteiger partial charge in [0.05, 0.1) is 58.2 Å². The van der Waals surface area contributed by atoms with Gasteiger partial charge in [0.1, 0.15) is 13.2 Å². The Balaban J connectivity index is 1.56. The van der Waals surface area contributed by atoms with Crippen LogP contribution in [0.15, 0.2) is 24.3 Å². The van der Waals surface area contributed by atoms with Crippen molar-refractivity contribution in [2.45, 2.75) is 0 Å². The molecule has 0 saturated carbocycles. The first-order valence-corrected chi connectivity index (χ1v) is 20.6. The molecule has 26 heteroatoms. The second-order valence-corrected chi connectivity index (χ2v) is 15.5. The van der Waals surface area contributed by atoms with Gasteiger partial charge in [-0.25, -0.2) is 71.4 Å². The number of ether oxygens (including phenoxy) is 2. The van der Waals surface area contributed by atoms with Crippen LogP contribution < -0.4 is 9.47 Å². The number of aliphatic hydroxyl groups excluding tert-OH is 2. The summed E-state index contributed by atoms with van der Waals surface area (Å²) in [6.07, 6.45) is 2.64. The van der Waals surface area contributed by atoms with Crippen molar-refractivity contribution in [1.82, 2.24) is 19.9 Å². The fourth-order valence-corrected chi connectivity index (χ4v) is 8.12. The van der Waals surface area contributed by atoms with E-state index in [9.17, 15) is 8.78 Å².